The van der Waals surface area contributed by atoms with E-state index >= 15 is 0 Å². The molecule has 1 heterocycles. The monoisotopic (exact) mass is 498 g/mol. The predicted octanol–water partition coefficient (Wildman–Crippen LogP) is 5.67. The number of thioether (sulfide) groups is 1. The number of hydrogen-bond acceptors (Lipinski definition) is 4. The number of amides is 1. The van der Waals surface area contributed by atoms with Gasteiger partial charge in [0.1, 0.15) is 0 Å². The van der Waals surface area contributed by atoms with Crippen molar-refractivity contribution < 1.29 is 4.79 Å². The van der Waals surface area contributed by atoms with Gasteiger partial charge in [0.2, 0.25) is 0 Å². The van der Waals surface area contributed by atoms with Crippen LogP contribution in [-0.4, -0.2) is 20.7 Å². The van der Waals surface area contributed by atoms with Crippen LogP contribution in [0.1, 0.15) is 34.7 Å². The lowest BCUT2D eigenvalue weighted by Gasteiger charge is -2.14. The Bertz CT molecular complexity index is 994. The third kappa shape index (κ3) is 5.08. The SMILES string of the molecule is C[C@@H](NC(=O)c1ccc(Cl)c(Cl)c1)c1nnc(SCc2ccc(Br)cc2)n1C. The van der Waals surface area contributed by atoms with Gasteiger partial charge in [-0.3, -0.25) is 4.79 Å². The van der Waals surface area contributed by atoms with Gasteiger partial charge in [0.15, 0.2) is 11.0 Å². The highest BCUT2D eigenvalue weighted by molar-refractivity contribution is 9.10. The Morgan fingerprint density at radius 1 is 1.18 bits per heavy atom. The summed E-state index contributed by atoms with van der Waals surface area (Å²) in [6.45, 7) is 1.86. The summed E-state index contributed by atoms with van der Waals surface area (Å²) in [4.78, 5) is 12.5. The topological polar surface area (TPSA) is 59.8 Å². The molecule has 1 aromatic heterocycles. The molecule has 0 aliphatic carbocycles. The zero-order valence-corrected chi connectivity index (χ0v) is 19.0. The highest BCUT2D eigenvalue weighted by Gasteiger charge is 2.19. The molecular formula is C19H17BrCl2N4OS. The van der Waals surface area contributed by atoms with Gasteiger partial charge in [-0.15, -0.1) is 10.2 Å². The highest BCUT2D eigenvalue weighted by atomic mass is 79.9. The Kier molecular flexibility index (Phi) is 7.04. The summed E-state index contributed by atoms with van der Waals surface area (Å²) in [7, 11) is 1.89. The van der Waals surface area contributed by atoms with Gasteiger partial charge in [-0.25, -0.2) is 0 Å². The minimum atomic E-state index is -0.318. The van der Waals surface area contributed by atoms with Crippen LogP contribution in [0.15, 0.2) is 52.1 Å². The maximum Gasteiger partial charge on any atom is 0.251 e. The molecule has 0 unspecified atom stereocenters. The van der Waals surface area contributed by atoms with Crippen molar-refractivity contribution in [2.75, 3.05) is 0 Å². The molecule has 1 N–H and O–H groups in total. The van der Waals surface area contributed by atoms with E-state index in [0.29, 0.717) is 21.4 Å². The van der Waals surface area contributed by atoms with Crippen molar-refractivity contribution in [3.63, 3.8) is 0 Å². The Labute approximate surface area is 186 Å². The van der Waals surface area contributed by atoms with Crippen LogP contribution in [0.2, 0.25) is 10.0 Å². The first-order chi connectivity index (χ1) is 13.3. The normalized spacial score (nSPS) is 12.0. The van der Waals surface area contributed by atoms with Crippen LogP contribution in [0.5, 0.6) is 0 Å². The molecule has 0 aliphatic rings. The first-order valence-corrected chi connectivity index (χ1v) is 10.9. The second kappa shape index (κ2) is 9.31. The molecule has 0 saturated carbocycles. The van der Waals surface area contributed by atoms with Crippen molar-refractivity contribution in [1.82, 2.24) is 20.1 Å². The van der Waals surface area contributed by atoms with Gasteiger partial charge >= 0.3 is 0 Å². The van der Waals surface area contributed by atoms with E-state index in [-0.39, 0.29) is 11.9 Å². The predicted molar refractivity (Wildman–Crippen MR) is 117 cm³/mol. The quantitative estimate of drug-likeness (QED) is 0.444. The van der Waals surface area contributed by atoms with E-state index in [4.69, 9.17) is 23.2 Å². The van der Waals surface area contributed by atoms with Gasteiger partial charge in [0.05, 0.1) is 16.1 Å². The van der Waals surface area contributed by atoms with Crippen molar-refractivity contribution in [3.8, 4) is 0 Å². The van der Waals surface area contributed by atoms with Gasteiger partial charge in [0, 0.05) is 22.8 Å². The summed E-state index contributed by atoms with van der Waals surface area (Å²) >= 11 is 16.9. The summed E-state index contributed by atoms with van der Waals surface area (Å²) in [5.41, 5.74) is 1.63. The Morgan fingerprint density at radius 2 is 1.89 bits per heavy atom. The molecular weight excluding hydrogens is 483 g/mol. The number of carbonyl (C=O) groups is 1. The Balaban J connectivity index is 1.65. The fourth-order valence-corrected chi connectivity index (χ4v) is 3.98. The van der Waals surface area contributed by atoms with Gasteiger partial charge < -0.3 is 9.88 Å². The largest absolute Gasteiger partial charge is 0.342 e. The molecule has 0 radical (unpaired) electrons. The maximum absolute atomic E-state index is 12.5. The van der Waals surface area contributed by atoms with Crippen LogP contribution in [-0.2, 0) is 12.8 Å². The number of halogens is 3. The number of benzene rings is 2. The maximum atomic E-state index is 12.5. The molecule has 28 heavy (non-hydrogen) atoms. The molecule has 0 fully saturated rings. The van der Waals surface area contributed by atoms with Crippen molar-refractivity contribution in [2.24, 2.45) is 7.05 Å². The lowest BCUT2D eigenvalue weighted by atomic mass is 10.2. The summed E-state index contributed by atoms with van der Waals surface area (Å²) in [5.74, 6) is 1.20. The van der Waals surface area contributed by atoms with Crippen LogP contribution in [0.4, 0.5) is 0 Å². The molecule has 9 heteroatoms. The smallest absolute Gasteiger partial charge is 0.251 e. The fraction of sp³-hybridized carbons (Fsp3) is 0.211. The minimum absolute atomic E-state index is 0.252. The molecule has 0 spiro atoms. The number of carbonyl (C=O) groups excluding carboxylic acids is 1. The number of rotatable bonds is 6. The van der Waals surface area contributed by atoms with E-state index in [1.54, 1.807) is 30.0 Å². The van der Waals surface area contributed by atoms with Gasteiger partial charge in [-0.1, -0.05) is 63.0 Å². The summed E-state index contributed by atoms with van der Waals surface area (Å²) in [6.07, 6.45) is 0. The molecule has 146 valence electrons. The third-order valence-corrected chi connectivity index (χ3v) is 6.43. The minimum Gasteiger partial charge on any atom is -0.342 e. The lowest BCUT2D eigenvalue weighted by molar-refractivity contribution is 0.0937. The van der Waals surface area contributed by atoms with Crippen LogP contribution in [0.25, 0.3) is 0 Å². The molecule has 1 amide bonds. The van der Waals surface area contributed by atoms with Crippen LogP contribution >= 0.6 is 50.9 Å². The third-order valence-electron chi connectivity index (χ3n) is 4.07. The number of nitrogens with one attached hydrogen (secondary N) is 1. The lowest BCUT2D eigenvalue weighted by Crippen LogP contribution is -2.28. The molecule has 0 saturated heterocycles. The number of nitrogens with zero attached hydrogens (tertiary/aromatic N) is 3. The van der Waals surface area contributed by atoms with E-state index in [1.165, 1.54) is 5.56 Å². The molecule has 2 aromatic carbocycles. The van der Waals surface area contributed by atoms with E-state index in [0.717, 1.165) is 15.4 Å². The highest BCUT2D eigenvalue weighted by Crippen LogP contribution is 2.25. The second-order valence-electron chi connectivity index (χ2n) is 6.14. The zero-order valence-electron chi connectivity index (χ0n) is 15.1. The summed E-state index contributed by atoms with van der Waals surface area (Å²) in [6, 6.07) is 12.6. The second-order valence-corrected chi connectivity index (χ2v) is 8.81. The molecule has 5 nitrogen and oxygen atoms in total. The Morgan fingerprint density at radius 3 is 2.57 bits per heavy atom. The van der Waals surface area contributed by atoms with Crippen molar-refractivity contribution >= 4 is 56.8 Å². The fourth-order valence-electron chi connectivity index (χ4n) is 2.54. The average Bonchev–Trinajstić information content (AvgIpc) is 3.04. The Hall–Kier alpha value is -1.54. The van der Waals surface area contributed by atoms with Gasteiger partial charge in [-0.2, -0.15) is 0 Å². The first kappa shape index (κ1) is 21.2. The average molecular weight is 500 g/mol. The standard InChI is InChI=1S/C19H17BrCl2N4OS/c1-11(23-18(27)13-5-8-15(21)16(22)9-13)17-24-25-19(26(17)2)28-10-12-3-6-14(20)7-4-12/h3-9,11H,10H2,1-2H3,(H,23,27)/t11-/m1/s1. The molecule has 3 aromatic rings. The zero-order chi connectivity index (χ0) is 20.3. The van der Waals surface area contributed by atoms with E-state index in [2.05, 4.69) is 43.6 Å². The summed E-state index contributed by atoms with van der Waals surface area (Å²) in [5, 5.41) is 12.9. The number of hydrogen-bond donors (Lipinski definition) is 1. The van der Waals surface area contributed by atoms with E-state index in [1.807, 2.05) is 30.7 Å². The molecule has 0 bridgehead atoms. The van der Waals surface area contributed by atoms with E-state index in [9.17, 15) is 4.79 Å². The molecule has 0 aliphatic heterocycles. The van der Waals surface area contributed by atoms with Crippen LogP contribution in [0.3, 0.4) is 0 Å². The first-order valence-electron chi connectivity index (χ1n) is 8.37. The van der Waals surface area contributed by atoms with Crippen molar-refractivity contribution in [3.05, 3.63) is 73.9 Å². The van der Waals surface area contributed by atoms with Crippen LogP contribution in [0, 0.1) is 0 Å². The molecule has 3 rings (SSSR count). The van der Waals surface area contributed by atoms with Crippen molar-refractivity contribution in [1.29, 1.82) is 0 Å². The number of aromatic nitrogens is 3. The van der Waals surface area contributed by atoms with Crippen LogP contribution < -0.4 is 5.32 Å². The van der Waals surface area contributed by atoms with Gasteiger partial charge in [-0.05, 0) is 42.8 Å². The van der Waals surface area contributed by atoms with Crippen molar-refractivity contribution in [2.45, 2.75) is 23.9 Å². The molecule has 1 atom stereocenters. The van der Waals surface area contributed by atoms with Gasteiger partial charge in [0.25, 0.3) is 5.91 Å². The van der Waals surface area contributed by atoms with E-state index < -0.39 is 0 Å². The summed E-state index contributed by atoms with van der Waals surface area (Å²) < 4.78 is 2.94.